The second-order valence-corrected chi connectivity index (χ2v) is 8.35. The van der Waals surface area contributed by atoms with Crippen molar-refractivity contribution in [2.45, 2.75) is 44.9 Å². The maximum Gasteiger partial charge on any atom is 0.236 e. The molecule has 2 heterocycles. The van der Waals surface area contributed by atoms with Crippen LogP contribution in [0.3, 0.4) is 0 Å². The summed E-state index contributed by atoms with van der Waals surface area (Å²) in [4.78, 5) is 31.8. The summed E-state index contributed by atoms with van der Waals surface area (Å²) in [6, 6.07) is 9.99. The summed E-state index contributed by atoms with van der Waals surface area (Å²) in [5.74, 6) is 0.425. The van der Waals surface area contributed by atoms with Crippen LogP contribution in [0.4, 0.5) is 0 Å². The van der Waals surface area contributed by atoms with Crippen LogP contribution in [0.15, 0.2) is 30.3 Å². The molecule has 0 unspecified atom stereocenters. The van der Waals surface area contributed by atoms with Gasteiger partial charge in [-0.05, 0) is 32.3 Å². The zero-order chi connectivity index (χ0) is 19.3. The second kappa shape index (κ2) is 8.87. The first-order valence-corrected chi connectivity index (χ1v) is 10.3. The van der Waals surface area contributed by atoms with Crippen LogP contribution in [-0.4, -0.2) is 72.3 Å². The second-order valence-electron chi connectivity index (χ2n) is 8.35. The fraction of sp³-hybridized carbons (Fsp3) is 0.636. The summed E-state index contributed by atoms with van der Waals surface area (Å²) in [6.45, 7) is 9.24. The third-order valence-electron chi connectivity index (χ3n) is 6.01. The van der Waals surface area contributed by atoms with Crippen LogP contribution in [0, 0.1) is 0 Å². The molecule has 5 heteroatoms. The van der Waals surface area contributed by atoms with Gasteiger partial charge in [0.25, 0.3) is 0 Å². The van der Waals surface area contributed by atoms with Gasteiger partial charge in [-0.15, -0.1) is 0 Å². The Labute approximate surface area is 163 Å². The first-order valence-electron chi connectivity index (χ1n) is 10.3. The van der Waals surface area contributed by atoms with Crippen molar-refractivity contribution >= 4 is 11.8 Å². The summed E-state index contributed by atoms with van der Waals surface area (Å²) in [7, 11) is 0. The average Bonchev–Trinajstić information content (AvgIpc) is 2.98. The van der Waals surface area contributed by atoms with E-state index in [4.69, 9.17) is 0 Å². The van der Waals surface area contributed by atoms with Gasteiger partial charge in [0, 0.05) is 39.3 Å². The van der Waals surface area contributed by atoms with E-state index in [9.17, 15) is 9.59 Å². The fourth-order valence-electron chi connectivity index (χ4n) is 4.09. The molecule has 0 saturated carbocycles. The monoisotopic (exact) mass is 371 g/mol. The highest BCUT2D eigenvalue weighted by atomic mass is 16.2. The highest BCUT2D eigenvalue weighted by Gasteiger charge is 2.35. The first kappa shape index (κ1) is 19.9. The molecular weight excluding hydrogens is 338 g/mol. The Balaban J connectivity index is 1.51. The molecule has 2 aliphatic heterocycles. The fourth-order valence-corrected chi connectivity index (χ4v) is 4.09. The number of hydrogen-bond acceptors (Lipinski definition) is 3. The third-order valence-corrected chi connectivity index (χ3v) is 6.01. The topological polar surface area (TPSA) is 43.9 Å². The third kappa shape index (κ3) is 4.89. The van der Waals surface area contributed by atoms with Crippen LogP contribution >= 0.6 is 0 Å². The molecule has 2 saturated heterocycles. The molecule has 1 aromatic rings. The van der Waals surface area contributed by atoms with Gasteiger partial charge >= 0.3 is 0 Å². The number of hydrogen-bond donors (Lipinski definition) is 0. The van der Waals surface area contributed by atoms with Crippen molar-refractivity contribution in [3.8, 4) is 0 Å². The molecule has 0 aliphatic carbocycles. The van der Waals surface area contributed by atoms with Gasteiger partial charge in [0.2, 0.25) is 11.8 Å². The van der Waals surface area contributed by atoms with Crippen molar-refractivity contribution in [1.82, 2.24) is 14.7 Å². The Hall–Kier alpha value is -1.88. The van der Waals surface area contributed by atoms with Crippen molar-refractivity contribution in [1.29, 1.82) is 0 Å². The largest absolute Gasteiger partial charge is 0.342 e. The number of carbonyl (C=O) groups excluding carboxylic acids is 2. The summed E-state index contributed by atoms with van der Waals surface area (Å²) >= 11 is 0. The van der Waals surface area contributed by atoms with Crippen LogP contribution in [-0.2, 0) is 15.0 Å². The predicted octanol–water partition coefficient (Wildman–Crippen LogP) is 2.51. The molecule has 0 spiro atoms. The molecular formula is C22H33N3O2. The van der Waals surface area contributed by atoms with E-state index in [0.29, 0.717) is 19.6 Å². The molecule has 0 aromatic heterocycles. The first-order chi connectivity index (χ1) is 13.0. The molecule has 0 atom stereocenters. The minimum Gasteiger partial charge on any atom is -0.342 e. The number of amides is 2. The summed E-state index contributed by atoms with van der Waals surface area (Å²) < 4.78 is 0. The van der Waals surface area contributed by atoms with Gasteiger partial charge in [0.15, 0.2) is 0 Å². The summed E-state index contributed by atoms with van der Waals surface area (Å²) in [5.41, 5.74) is 0.527. The standard InChI is InChI=1S/C22H33N3O2/c1-22(2,19-10-6-5-7-11-19)21(27)25-16-14-23(15-17-25)18-20(26)24-12-8-3-4-9-13-24/h5-7,10-11H,3-4,8-9,12-18H2,1-2H3. The van der Waals surface area contributed by atoms with Crippen LogP contribution < -0.4 is 0 Å². The smallest absolute Gasteiger partial charge is 0.236 e. The minimum atomic E-state index is -0.523. The zero-order valence-corrected chi connectivity index (χ0v) is 16.8. The van der Waals surface area contributed by atoms with E-state index < -0.39 is 5.41 Å². The Morgan fingerprint density at radius 3 is 2.00 bits per heavy atom. The normalized spacial score (nSPS) is 19.6. The Morgan fingerprint density at radius 2 is 1.41 bits per heavy atom. The van der Waals surface area contributed by atoms with Gasteiger partial charge in [-0.3, -0.25) is 14.5 Å². The van der Waals surface area contributed by atoms with Crippen LogP contribution in [0.5, 0.6) is 0 Å². The van der Waals surface area contributed by atoms with Crippen LogP contribution in [0.25, 0.3) is 0 Å². The number of benzene rings is 1. The number of rotatable bonds is 4. The molecule has 1 aromatic carbocycles. The summed E-state index contributed by atoms with van der Waals surface area (Å²) in [6.07, 6.45) is 4.73. The Bertz CT molecular complexity index is 628. The van der Waals surface area contributed by atoms with Gasteiger partial charge in [0.1, 0.15) is 0 Å². The van der Waals surface area contributed by atoms with Crippen molar-refractivity contribution in [2.24, 2.45) is 0 Å². The van der Waals surface area contributed by atoms with E-state index in [2.05, 4.69) is 4.90 Å². The maximum atomic E-state index is 13.1. The molecule has 3 rings (SSSR count). The lowest BCUT2D eigenvalue weighted by molar-refractivity contribution is -0.139. The lowest BCUT2D eigenvalue weighted by atomic mass is 9.83. The number of carbonyl (C=O) groups is 2. The number of likely N-dealkylation sites (tertiary alicyclic amines) is 1. The molecule has 2 fully saturated rings. The molecule has 0 N–H and O–H groups in total. The van der Waals surface area contributed by atoms with Gasteiger partial charge < -0.3 is 9.80 Å². The minimum absolute atomic E-state index is 0.173. The zero-order valence-electron chi connectivity index (χ0n) is 16.8. The molecule has 148 valence electrons. The molecule has 5 nitrogen and oxygen atoms in total. The molecule has 0 radical (unpaired) electrons. The SMILES string of the molecule is CC(C)(C(=O)N1CCN(CC(=O)N2CCCCCC2)CC1)c1ccccc1. The van der Waals surface area contributed by atoms with Crippen LogP contribution in [0.2, 0.25) is 0 Å². The van der Waals surface area contributed by atoms with Crippen molar-refractivity contribution < 1.29 is 9.59 Å². The average molecular weight is 372 g/mol. The quantitative estimate of drug-likeness (QED) is 0.817. The van der Waals surface area contributed by atoms with Crippen LogP contribution in [0.1, 0.15) is 45.1 Å². The lowest BCUT2D eigenvalue weighted by Crippen LogP contribution is -2.54. The highest BCUT2D eigenvalue weighted by molar-refractivity contribution is 5.87. The van der Waals surface area contributed by atoms with Crippen molar-refractivity contribution in [3.63, 3.8) is 0 Å². The van der Waals surface area contributed by atoms with E-state index in [0.717, 1.165) is 44.6 Å². The van der Waals surface area contributed by atoms with Crippen molar-refractivity contribution in [3.05, 3.63) is 35.9 Å². The summed E-state index contributed by atoms with van der Waals surface area (Å²) in [5, 5.41) is 0. The van der Waals surface area contributed by atoms with Crippen molar-refractivity contribution in [2.75, 3.05) is 45.8 Å². The van der Waals surface area contributed by atoms with Gasteiger partial charge in [-0.1, -0.05) is 43.2 Å². The van der Waals surface area contributed by atoms with E-state index in [1.54, 1.807) is 0 Å². The van der Waals surface area contributed by atoms with E-state index in [1.165, 1.54) is 12.8 Å². The Kier molecular flexibility index (Phi) is 6.53. The van der Waals surface area contributed by atoms with Gasteiger partial charge in [0.05, 0.1) is 12.0 Å². The Morgan fingerprint density at radius 1 is 0.815 bits per heavy atom. The molecule has 2 amide bonds. The molecule has 27 heavy (non-hydrogen) atoms. The van der Waals surface area contributed by atoms with E-state index in [-0.39, 0.29) is 11.8 Å². The number of nitrogens with zero attached hydrogens (tertiary/aromatic N) is 3. The predicted molar refractivity (Wildman–Crippen MR) is 108 cm³/mol. The molecule has 2 aliphatic rings. The van der Waals surface area contributed by atoms with Gasteiger partial charge in [-0.25, -0.2) is 0 Å². The van der Waals surface area contributed by atoms with E-state index in [1.807, 2.05) is 54.0 Å². The van der Waals surface area contributed by atoms with Gasteiger partial charge in [-0.2, -0.15) is 0 Å². The molecule has 0 bridgehead atoms. The maximum absolute atomic E-state index is 13.1. The lowest BCUT2D eigenvalue weighted by Gasteiger charge is -2.39. The van der Waals surface area contributed by atoms with E-state index >= 15 is 0 Å². The number of piperazine rings is 1. The highest BCUT2D eigenvalue weighted by Crippen LogP contribution is 2.26.